The summed E-state index contributed by atoms with van der Waals surface area (Å²) in [5, 5.41) is 0.705. The normalized spacial score (nSPS) is 26.7. The molecule has 2 rings (SSSR count). The molecule has 1 aliphatic rings. The smallest absolute Gasteiger partial charge is 0.128 e. The summed E-state index contributed by atoms with van der Waals surface area (Å²) in [4.78, 5) is 6.72. The second kappa shape index (κ2) is 4.40. The van der Waals surface area contributed by atoms with Gasteiger partial charge in [0.15, 0.2) is 0 Å². The van der Waals surface area contributed by atoms with Crippen molar-refractivity contribution in [2.45, 2.75) is 20.3 Å². The fourth-order valence-electron chi connectivity index (χ4n) is 2.41. The molecule has 1 fully saturated rings. The molecular weight excluding hydrogens is 208 g/mol. The Kier molecular flexibility index (Phi) is 3.15. The van der Waals surface area contributed by atoms with Crippen molar-refractivity contribution in [2.75, 3.05) is 18.0 Å². The second-order valence-corrected chi connectivity index (χ2v) is 5.12. The Morgan fingerprint density at radius 3 is 2.47 bits per heavy atom. The molecule has 0 spiro atoms. The lowest BCUT2D eigenvalue weighted by Gasteiger charge is -2.35. The maximum absolute atomic E-state index is 5.83. The van der Waals surface area contributed by atoms with E-state index in [0.717, 1.165) is 30.7 Å². The van der Waals surface area contributed by atoms with Gasteiger partial charge in [-0.25, -0.2) is 4.98 Å². The van der Waals surface area contributed by atoms with E-state index in [1.54, 1.807) is 6.20 Å². The Balaban J connectivity index is 2.12. The number of rotatable bonds is 1. The van der Waals surface area contributed by atoms with Crippen molar-refractivity contribution in [1.29, 1.82) is 0 Å². The highest BCUT2D eigenvalue weighted by atomic mass is 35.5. The van der Waals surface area contributed by atoms with Crippen LogP contribution in [0, 0.1) is 11.8 Å². The van der Waals surface area contributed by atoms with Crippen LogP contribution in [0.4, 0.5) is 5.82 Å². The number of anilines is 1. The molecule has 0 radical (unpaired) electrons. The van der Waals surface area contributed by atoms with Crippen molar-refractivity contribution >= 4 is 17.4 Å². The summed E-state index contributed by atoms with van der Waals surface area (Å²) in [6.45, 7) is 6.83. The first-order valence-corrected chi connectivity index (χ1v) is 5.89. The van der Waals surface area contributed by atoms with Crippen LogP contribution in [0.3, 0.4) is 0 Å². The van der Waals surface area contributed by atoms with Gasteiger partial charge in [-0.15, -0.1) is 0 Å². The van der Waals surface area contributed by atoms with E-state index in [9.17, 15) is 0 Å². The van der Waals surface area contributed by atoms with Crippen LogP contribution >= 0.6 is 11.6 Å². The molecule has 0 bridgehead atoms. The average Bonchev–Trinajstić information content (AvgIpc) is 2.17. The van der Waals surface area contributed by atoms with E-state index in [4.69, 9.17) is 11.6 Å². The second-order valence-electron chi connectivity index (χ2n) is 4.69. The molecule has 15 heavy (non-hydrogen) atoms. The fraction of sp³-hybridized carbons (Fsp3) is 0.583. The predicted molar refractivity (Wildman–Crippen MR) is 64.4 cm³/mol. The van der Waals surface area contributed by atoms with E-state index in [1.807, 2.05) is 12.1 Å². The van der Waals surface area contributed by atoms with Gasteiger partial charge in [0.05, 0.1) is 5.02 Å². The molecule has 82 valence electrons. The van der Waals surface area contributed by atoms with Crippen LogP contribution in [-0.4, -0.2) is 18.1 Å². The van der Waals surface area contributed by atoms with Crippen molar-refractivity contribution in [2.24, 2.45) is 11.8 Å². The van der Waals surface area contributed by atoms with Crippen molar-refractivity contribution in [3.05, 3.63) is 23.4 Å². The lowest BCUT2D eigenvalue weighted by molar-refractivity contribution is 0.355. The van der Waals surface area contributed by atoms with Crippen molar-refractivity contribution in [1.82, 2.24) is 4.98 Å². The first-order valence-electron chi connectivity index (χ1n) is 5.51. The molecule has 1 aliphatic heterocycles. The summed E-state index contributed by atoms with van der Waals surface area (Å²) in [5.41, 5.74) is 0. The molecule has 0 aliphatic carbocycles. The number of halogens is 1. The van der Waals surface area contributed by atoms with Crippen LogP contribution in [0.5, 0.6) is 0 Å². The average molecular weight is 225 g/mol. The monoisotopic (exact) mass is 224 g/mol. The maximum atomic E-state index is 5.83. The van der Waals surface area contributed by atoms with Crippen LogP contribution in [0.2, 0.25) is 5.02 Å². The highest BCUT2D eigenvalue weighted by Gasteiger charge is 2.22. The van der Waals surface area contributed by atoms with Crippen molar-refractivity contribution in [3.63, 3.8) is 0 Å². The standard InChI is InChI=1S/C12H17ClN2/c1-9-5-10(2)8-15(7-9)12-4-3-11(13)6-14-12/h3-4,6,9-10H,5,7-8H2,1-2H3. The number of piperidine rings is 1. The molecule has 0 saturated carbocycles. The van der Waals surface area contributed by atoms with E-state index in [1.165, 1.54) is 6.42 Å². The maximum Gasteiger partial charge on any atom is 0.128 e. The van der Waals surface area contributed by atoms with Gasteiger partial charge in [0, 0.05) is 19.3 Å². The summed E-state index contributed by atoms with van der Waals surface area (Å²) in [6.07, 6.45) is 3.05. The van der Waals surface area contributed by atoms with Gasteiger partial charge >= 0.3 is 0 Å². The van der Waals surface area contributed by atoms with Crippen LogP contribution < -0.4 is 4.90 Å². The van der Waals surface area contributed by atoms with Gasteiger partial charge in [-0.1, -0.05) is 25.4 Å². The van der Waals surface area contributed by atoms with Crippen molar-refractivity contribution in [3.8, 4) is 0 Å². The Labute approximate surface area is 96.3 Å². The van der Waals surface area contributed by atoms with E-state index < -0.39 is 0 Å². The molecule has 2 unspecified atom stereocenters. The molecule has 2 heterocycles. The molecule has 0 N–H and O–H groups in total. The molecular formula is C12H17ClN2. The minimum Gasteiger partial charge on any atom is -0.356 e. The summed E-state index contributed by atoms with van der Waals surface area (Å²) in [7, 11) is 0. The number of hydrogen-bond acceptors (Lipinski definition) is 2. The molecule has 1 aromatic rings. The Hall–Kier alpha value is -0.760. The summed E-state index contributed by atoms with van der Waals surface area (Å²) < 4.78 is 0. The van der Waals surface area contributed by atoms with Gasteiger partial charge in [-0.2, -0.15) is 0 Å². The van der Waals surface area contributed by atoms with Crippen LogP contribution in [0.25, 0.3) is 0 Å². The molecule has 3 heteroatoms. The largest absolute Gasteiger partial charge is 0.356 e. The zero-order valence-electron chi connectivity index (χ0n) is 9.28. The SMILES string of the molecule is CC1CC(C)CN(c2ccc(Cl)cn2)C1. The van der Waals surface area contributed by atoms with Crippen LogP contribution in [0.1, 0.15) is 20.3 Å². The van der Waals surface area contributed by atoms with E-state index in [-0.39, 0.29) is 0 Å². The zero-order valence-corrected chi connectivity index (χ0v) is 10.0. The van der Waals surface area contributed by atoms with Gasteiger partial charge in [0.1, 0.15) is 5.82 Å². The summed E-state index contributed by atoms with van der Waals surface area (Å²) >= 11 is 5.83. The quantitative estimate of drug-likeness (QED) is 0.728. The number of aromatic nitrogens is 1. The molecule has 0 aromatic carbocycles. The van der Waals surface area contributed by atoms with Crippen molar-refractivity contribution < 1.29 is 0 Å². The third-order valence-electron chi connectivity index (χ3n) is 2.90. The highest BCUT2D eigenvalue weighted by molar-refractivity contribution is 6.30. The predicted octanol–water partition coefficient (Wildman–Crippen LogP) is 3.22. The lowest BCUT2D eigenvalue weighted by atomic mass is 9.92. The van der Waals surface area contributed by atoms with Gasteiger partial charge in [-0.3, -0.25) is 0 Å². The number of nitrogens with zero attached hydrogens (tertiary/aromatic N) is 2. The number of hydrogen-bond donors (Lipinski definition) is 0. The molecule has 2 nitrogen and oxygen atoms in total. The minimum absolute atomic E-state index is 0.705. The fourth-order valence-corrected chi connectivity index (χ4v) is 2.52. The summed E-state index contributed by atoms with van der Waals surface area (Å²) in [5.74, 6) is 2.57. The lowest BCUT2D eigenvalue weighted by Crippen LogP contribution is -2.39. The van der Waals surface area contributed by atoms with Gasteiger partial charge in [-0.05, 0) is 30.4 Å². The van der Waals surface area contributed by atoms with Crippen LogP contribution in [-0.2, 0) is 0 Å². The van der Waals surface area contributed by atoms with E-state index in [2.05, 4.69) is 23.7 Å². The topological polar surface area (TPSA) is 16.1 Å². The van der Waals surface area contributed by atoms with Gasteiger partial charge in [0.2, 0.25) is 0 Å². The first kappa shape index (κ1) is 10.7. The molecule has 2 atom stereocenters. The highest BCUT2D eigenvalue weighted by Crippen LogP contribution is 2.25. The third kappa shape index (κ3) is 2.63. The molecule has 0 amide bonds. The molecule has 1 saturated heterocycles. The Morgan fingerprint density at radius 2 is 1.93 bits per heavy atom. The minimum atomic E-state index is 0.705. The Bertz CT molecular complexity index is 313. The van der Waals surface area contributed by atoms with E-state index in [0.29, 0.717) is 5.02 Å². The van der Waals surface area contributed by atoms with Gasteiger partial charge in [0.25, 0.3) is 0 Å². The Morgan fingerprint density at radius 1 is 1.27 bits per heavy atom. The summed E-state index contributed by atoms with van der Waals surface area (Å²) in [6, 6.07) is 3.92. The van der Waals surface area contributed by atoms with Gasteiger partial charge < -0.3 is 4.90 Å². The first-order chi connectivity index (χ1) is 7.15. The molecule has 1 aromatic heterocycles. The zero-order chi connectivity index (χ0) is 10.8. The third-order valence-corrected chi connectivity index (χ3v) is 3.13. The number of pyridine rings is 1. The van der Waals surface area contributed by atoms with E-state index >= 15 is 0 Å². The van der Waals surface area contributed by atoms with Crippen LogP contribution in [0.15, 0.2) is 18.3 Å².